The molecular weight excluding hydrogens is 230 g/mol. The van der Waals surface area contributed by atoms with Gasteiger partial charge in [-0.2, -0.15) is 0 Å². The maximum atomic E-state index is 10.4. The van der Waals surface area contributed by atoms with Gasteiger partial charge in [0.2, 0.25) is 0 Å². The molecule has 2 rings (SSSR count). The molecule has 17 heavy (non-hydrogen) atoms. The monoisotopic (exact) mass is 253 g/mol. The number of nitrogens with one attached hydrogen (secondary N) is 1. The lowest BCUT2D eigenvalue weighted by Gasteiger charge is -2.26. The lowest BCUT2D eigenvalue weighted by molar-refractivity contribution is 0.0256. The van der Waals surface area contributed by atoms with Crippen LogP contribution in [0.15, 0.2) is 17.5 Å². The molecule has 1 aliphatic carbocycles. The van der Waals surface area contributed by atoms with Crippen molar-refractivity contribution in [3.63, 3.8) is 0 Å². The normalized spacial score (nSPS) is 20.1. The van der Waals surface area contributed by atoms with E-state index in [0.717, 1.165) is 32.4 Å². The number of hydrogen-bond acceptors (Lipinski definition) is 3. The van der Waals surface area contributed by atoms with E-state index in [1.807, 2.05) is 11.3 Å². The predicted molar refractivity (Wildman–Crippen MR) is 73.5 cm³/mol. The van der Waals surface area contributed by atoms with Gasteiger partial charge in [-0.1, -0.05) is 31.7 Å². The van der Waals surface area contributed by atoms with Crippen LogP contribution in [0.1, 0.15) is 43.4 Å². The highest BCUT2D eigenvalue weighted by Crippen LogP contribution is 2.26. The molecule has 1 aliphatic rings. The Morgan fingerprint density at radius 1 is 1.24 bits per heavy atom. The third kappa shape index (κ3) is 4.41. The van der Waals surface area contributed by atoms with Crippen molar-refractivity contribution in [2.45, 2.75) is 50.5 Å². The van der Waals surface area contributed by atoms with Crippen LogP contribution in [0.25, 0.3) is 0 Å². The highest BCUT2D eigenvalue weighted by molar-refractivity contribution is 7.09. The van der Waals surface area contributed by atoms with Crippen LogP contribution in [0.2, 0.25) is 0 Å². The van der Waals surface area contributed by atoms with Gasteiger partial charge < -0.3 is 10.4 Å². The summed E-state index contributed by atoms with van der Waals surface area (Å²) in [6.07, 6.45) is 7.97. The Morgan fingerprint density at radius 2 is 2.00 bits per heavy atom. The standard InChI is InChI=1S/C14H23NOS/c16-14(8-3-1-2-4-9-14)12-15-10-7-13-6-5-11-17-13/h5-6,11,15-16H,1-4,7-10,12H2. The molecule has 1 aromatic rings. The molecule has 1 saturated carbocycles. The fraction of sp³-hybridized carbons (Fsp3) is 0.714. The van der Waals surface area contributed by atoms with Crippen molar-refractivity contribution in [1.29, 1.82) is 0 Å². The summed E-state index contributed by atoms with van der Waals surface area (Å²) < 4.78 is 0. The maximum absolute atomic E-state index is 10.4. The smallest absolute Gasteiger partial charge is 0.0771 e. The zero-order chi connectivity index (χ0) is 12.0. The second-order valence-electron chi connectivity index (χ2n) is 5.14. The molecule has 1 aromatic heterocycles. The first-order valence-electron chi connectivity index (χ1n) is 6.74. The van der Waals surface area contributed by atoms with Gasteiger partial charge in [0.1, 0.15) is 0 Å². The second kappa shape index (κ2) is 6.53. The molecule has 1 heterocycles. The molecule has 0 amide bonds. The largest absolute Gasteiger partial charge is 0.389 e. The minimum absolute atomic E-state index is 0.439. The van der Waals surface area contributed by atoms with Crippen molar-refractivity contribution in [3.8, 4) is 0 Å². The Labute approximate surface area is 108 Å². The first-order chi connectivity index (χ1) is 8.29. The zero-order valence-corrected chi connectivity index (χ0v) is 11.3. The van der Waals surface area contributed by atoms with E-state index in [-0.39, 0.29) is 0 Å². The maximum Gasteiger partial charge on any atom is 0.0771 e. The van der Waals surface area contributed by atoms with Crippen LogP contribution in [0.3, 0.4) is 0 Å². The molecule has 96 valence electrons. The summed E-state index contributed by atoms with van der Waals surface area (Å²) >= 11 is 1.81. The fourth-order valence-corrected chi connectivity index (χ4v) is 3.26. The molecule has 2 nitrogen and oxygen atoms in total. The van der Waals surface area contributed by atoms with Crippen LogP contribution in [0, 0.1) is 0 Å². The van der Waals surface area contributed by atoms with E-state index in [1.54, 1.807) is 0 Å². The van der Waals surface area contributed by atoms with Crippen molar-refractivity contribution >= 4 is 11.3 Å². The van der Waals surface area contributed by atoms with E-state index >= 15 is 0 Å². The lowest BCUT2D eigenvalue weighted by Crippen LogP contribution is -2.40. The summed E-state index contributed by atoms with van der Waals surface area (Å²) in [5.41, 5.74) is -0.439. The first-order valence-corrected chi connectivity index (χ1v) is 7.62. The van der Waals surface area contributed by atoms with Crippen molar-refractivity contribution in [2.24, 2.45) is 0 Å². The Morgan fingerprint density at radius 3 is 2.65 bits per heavy atom. The Hall–Kier alpha value is -0.380. The third-order valence-corrected chi connectivity index (χ3v) is 4.55. The van der Waals surface area contributed by atoms with Gasteiger partial charge in [-0.3, -0.25) is 0 Å². The Bertz CT molecular complexity index is 302. The summed E-state index contributed by atoms with van der Waals surface area (Å²) in [5.74, 6) is 0. The molecule has 2 N–H and O–H groups in total. The van der Waals surface area contributed by atoms with Crippen LogP contribution in [0.5, 0.6) is 0 Å². The molecule has 0 spiro atoms. The lowest BCUT2D eigenvalue weighted by atomic mass is 9.94. The quantitative estimate of drug-likeness (QED) is 0.624. The molecule has 0 atom stereocenters. The highest BCUT2D eigenvalue weighted by Gasteiger charge is 2.27. The average Bonchev–Trinajstić information content (AvgIpc) is 2.74. The Balaban J connectivity index is 1.66. The zero-order valence-electron chi connectivity index (χ0n) is 10.5. The summed E-state index contributed by atoms with van der Waals surface area (Å²) in [4.78, 5) is 1.42. The van der Waals surface area contributed by atoms with Gasteiger partial charge in [-0.25, -0.2) is 0 Å². The van der Waals surface area contributed by atoms with E-state index in [4.69, 9.17) is 0 Å². The average molecular weight is 253 g/mol. The van der Waals surface area contributed by atoms with E-state index < -0.39 is 5.60 Å². The van der Waals surface area contributed by atoms with Gasteiger partial charge in [0.05, 0.1) is 5.60 Å². The van der Waals surface area contributed by atoms with Gasteiger partial charge in [0.15, 0.2) is 0 Å². The van der Waals surface area contributed by atoms with Crippen molar-refractivity contribution in [3.05, 3.63) is 22.4 Å². The predicted octanol–water partition coefficient (Wildman–Crippen LogP) is 2.97. The fourth-order valence-electron chi connectivity index (χ4n) is 2.55. The number of hydrogen-bond donors (Lipinski definition) is 2. The number of aliphatic hydroxyl groups is 1. The SMILES string of the molecule is OC1(CNCCc2cccs2)CCCCCC1. The van der Waals surface area contributed by atoms with Crippen LogP contribution < -0.4 is 5.32 Å². The molecule has 0 bridgehead atoms. The first kappa shape index (κ1) is 13.1. The van der Waals surface area contributed by atoms with Crippen molar-refractivity contribution in [2.75, 3.05) is 13.1 Å². The van der Waals surface area contributed by atoms with Gasteiger partial charge in [0, 0.05) is 18.0 Å². The van der Waals surface area contributed by atoms with E-state index in [9.17, 15) is 5.11 Å². The van der Waals surface area contributed by atoms with Gasteiger partial charge in [-0.05, 0) is 30.7 Å². The van der Waals surface area contributed by atoms with Crippen molar-refractivity contribution < 1.29 is 5.11 Å². The Kier molecular flexibility index (Phi) is 5.01. The number of thiophene rings is 1. The van der Waals surface area contributed by atoms with Gasteiger partial charge in [0.25, 0.3) is 0 Å². The summed E-state index contributed by atoms with van der Waals surface area (Å²) in [7, 11) is 0. The van der Waals surface area contributed by atoms with Gasteiger partial charge in [-0.15, -0.1) is 11.3 Å². The minimum atomic E-state index is -0.439. The van der Waals surface area contributed by atoms with Crippen molar-refractivity contribution in [1.82, 2.24) is 5.32 Å². The molecular formula is C14H23NOS. The minimum Gasteiger partial charge on any atom is -0.389 e. The van der Waals surface area contributed by atoms with Crippen LogP contribution in [-0.4, -0.2) is 23.8 Å². The molecule has 0 aliphatic heterocycles. The molecule has 0 saturated heterocycles. The topological polar surface area (TPSA) is 32.3 Å². The summed E-state index contributed by atoms with van der Waals surface area (Å²) in [6.45, 7) is 1.74. The molecule has 0 aromatic carbocycles. The molecule has 3 heteroatoms. The van der Waals surface area contributed by atoms with E-state index in [1.165, 1.54) is 30.6 Å². The second-order valence-corrected chi connectivity index (χ2v) is 6.18. The molecule has 0 unspecified atom stereocenters. The number of rotatable bonds is 5. The van der Waals surface area contributed by atoms with Gasteiger partial charge >= 0.3 is 0 Å². The molecule has 1 fully saturated rings. The molecule has 0 radical (unpaired) electrons. The van der Waals surface area contributed by atoms with E-state index in [2.05, 4.69) is 22.8 Å². The third-order valence-electron chi connectivity index (χ3n) is 3.62. The van der Waals surface area contributed by atoms with Crippen LogP contribution in [-0.2, 0) is 6.42 Å². The highest BCUT2D eigenvalue weighted by atomic mass is 32.1. The summed E-state index contributed by atoms with van der Waals surface area (Å²) in [5, 5.41) is 16.0. The van der Waals surface area contributed by atoms with E-state index in [0.29, 0.717) is 0 Å². The van der Waals surface area contributed by atoms with Crippen LogP contribution in [0.4, 0.5) is 0 Å². The van der Waals surface area contributed by atoms with Crippen LogP contribution >= 0.6 is 11.3 Å². The summed E-state index contributed by atoms with van der Waals surface area (Å²) in [6, 6.07) is 4.27.